The van der Waals surface area contributed by atoms with Crippen LogP contribution in [0.3, 0.4) is 0 Å². The van der Waals surface area contributed by atoms with Gasteiger partial charge in [0.2, 0.25) is 0 Å². The highest BCUT2D eigenvalue weighted by Crippen LogP contribution is 2.41. The van der Waals surface area contributed by atoms with Gasteiger partial charge in [-0.05, 0) is 72.6 Å². The minimum absolute atomic E-state index is 0.0846. The van der Waals surface area contributed by atoms with Crippen molar-refractivity contribution < 1.29 is 23.7 Å². The second kappa shape index (κ2) is 9.55. The van der Waals surface area contributed by atoms with Crippen LogP contribution >= 0.6 is 0 Å². The van der Waals surface area contributed by atoms with Crippen molar-refractivity contribution in [2.75, 3.05) is 26.9 Å². The smallest absolute Gasteiger partial charge is 0.306 e. The normalized spacial score (nSPS) is 20.7. The summed E-state index contributed by atoms with van der Waals surface area (Å²) in [5.74, 6) is 0.420. The van der Waals surface area contributed by atoms with Gasteiger partial charge >= 0.3 is 5.97 Å². The second-order valence-corrected chi connectivity index (χ2v) is 9.74. The largest absolute Gasteiger partial charge is 0.493 e. The van der Waals surface area contributed by atoms with Gasteiger partial charge in [0, 0.05) is 24.3 Å². The first-order valence-corrected chi connectivity index (χ1v) is 12.4. The van der Waals surface area contributed by atoms with Crippen molar-refractivity contribution in [2.24, 2.45) is 0 Å². The summed E-state index contributed by atoms with van der Waals surface area (Å²) in [4.78, 5) is 11.7. The lowest BCUT2D eigenvalue weighted by Crippen LogP contribution is -2.31. The zero-order valence-corrected chi connectivity index (χ0v) is 20.4. The molecule has 2 aromatic rings. The molecule has 1 aliphatic carbocycles. The molecule has 0 N–H and O–H groups in total. The third kappa shape index (κ3) is 4.51. The summed E-state index contributed by atoms with van der Waals surface area (Å²) >= 11 is 0. The maximum absolute atomic E-state index is 11.7. The highest BCUT2D eigenvalue weighted by Gasteiger charge is 2.38. The number of fused-ring (bicyclic) bond motifs is 1. The Morgan fingerprint density at radius 2 is 1.94 bits per heavy atom. The monoisotopic (exact) mass is 462 g/mol. The Morgan fingerprint density at radius 1 is 1.12 bits per heavy atom. The van der Waals surface area contributed by atoms with E-state index in [0.717, 1.165) is 43.4 Å². The molecular weight excluding hydrogens is 428 g/mol. The summed E-state index contributed by atoms with van der Waals surface area (Å²) in [6.07, 6.45) is 7.37. The van der Waals surface area contributed by atoms with E-state index in [4.69, 9.17) is 18.9 Å². The Kier molecular flexibility index (Phi) is 6.50. The van der Waals surface area contributed by atoms with Gasteiger partial charge in [-0.15, -0.1) is 0 Å². The Hall–Kier alpha value is -2.63. The summed E-state index contributed by atoms with van der Waals surface area (Å²) in [5, 5.41) is 0. The SMILES string of the molecule is COC(=O)C[C@@H]1COc2cc(CCc3ccc(C)c(C4=CCC5(CC4)OCCO5)c3C)ccc21. The highest BCUT2D eigenvalue weighted by atomic mass is 16.7. The molecule has 1 atom stereocenters. The van der Waals surface area contributed by atoms with E-state index < -0.39 is 0 Å². The van der Waals surface area contributed by atoms with Gasteiger partial charge in [-0.3, -0.25) is 4.79 Å². The van der Waals surface area contributed by atoms with Crippen molar-refractivity contribution in [2.45, 2.75) is 64.1 Å². The Balaban J connectivity index is 1.29. The molecular formula is C29H34O5. The van der Waals surface area contributed by atoms with E-state index in [2.05, 4.69) is 50.3 Å². The van der Waals surface area contributed by atoms with Gasteiger partial charge in [-0.2, -0.15) is 0 Å². The van der Waals surface area contributed by atoms with E-state index in [1.165, 1.54) is 40.5 Å². The molecule has 0 amide bonds. The van der Waals surface area contributed by atoms with Crippen LogP contribution in [0.5, 0.6) is 5.75 Å². The molecule has 2 heterocycles. The van der Waals surface area contributed by atoms with E-state index in [-0.39, 0.29) is 17.7 Å². The summed E-state index contributed by atoms with van der Waals surface area (Å²) in [6, 6.07) is 11.0. The lowest BCUT2D eigenvalue weighted by atomic mass is 9.83. The molecule has 0 bridgehead atoms. The van der Waals surface area contributed by atoms with E-state index in [1.807, 2.05) is 0 Å². The number of allylic oxidation sites excluding steroid dienone is 1. The Bertz CT molecular complexity index is 1110. The lowest BCUT2D eigenvalue weighted by Gasteiger charge is -2.31. The second-order valence-electron chi connectivity index (χ2n) is 9.74. The van der Waals surface area contributed by atoms with Crippen LogP contribution < -0.4 is 4.74 Å². The predicted octanol–water partition coefficient (Wildman–Crippen LogP) is 5.44. The van der Waals surface area contributed by atoms with E-state index in [9.17, 15) is 4.79 Å². The summed E-state index contributed by atoms with van der Waals surface area (Å²) in [6.45, 7) is 6.42. The number of carbonyl (C=O) groups is 1. The minimum atomic E-state index is -0.381. The van der Waals surface area contributed by atoms with Gasteiger partial charge < -0.3 is 18.9 Å². The van der Waals surface area contributed by atoms with E-state index in [0.29, 0.717) is 26.2 Å². The first-order valence-electron chi connectivity index (χ1n) is 12.4. The van der Waals surface area contributed by atoms with Crippen LogP contribution in [-0.2, 0) is 31.8 Å². The predicted molar refractivity (Wildman–Crippen MR) is 131 cm³/mol. The molecule has 5 nitrogen and oxygen atoms in total. The van der Waals surface area contributed by atoms with Crippen LogP contribution in [0, 0.1) is 13.8 Å². The van der Waals surface area contributed by atoms with Crippen LogP contribution in [0.4, 0.5) is 0 Å². The third-order valence-electron chi connectivity index (χ3n) is 7.64. The molecule has 0 unspecified atom stereocenters. The number of esters is 1. The third-order valence-corrected chi connectivity index (χ3v) is 7.64. The molecule has 1 spiro atoms. The molecule has 3 aliphatic rings. The van der Waals surface area contributed by atoms with Crippen LogP contribution in [0.25, 0.3) is 5.57 Å². The van der Waals surface area contributed by atoms with Gasteiger partial charge in [-0.1, -0.05) is 30.3 Å². The van der Waals surface area contributed by atoms with Crippen molar-refractivity contribution in [3.8, 4) is 5.75 Å². The van der Waals surface area contributed by atoms with Gasteiger partial charge in [0.05, 0.1) is 33.4 Å². The zero-order chi connectivity index (χ0) is 23.7. The van der Waals surface area contributed by atoms with E-state index >= 15 is 0 Å². The minimum Gasteiger partial charge on any atom is -0.493 e. The summed E-state index contributed by atoms with van der Waals surface area (Å²) < 4.78 is 22.5. The molecule has 5 heteroatoms. The van der Waals surface area contributed by atoms with Gasteiger partial charge in [-0.25, -0.2) is 0 Å². The van der Waals surface area contributed by atoms with Crippen molar-refractivity contribution in [1.82, 2.24) is 0 Å². The maximum Gasteiger partial charge on any atom is 0.306 e. The number of benzene rings is 2. The standard InChI is InChI=1S/C29H34O5/c1-19-4-7-22(20(2)28(19)23-10-12-29(13-11-23)33-14-15-34-29)8-5-21-6-9-25-24(17-27(30)31-3)18-32-26(25)16-21/h4,6-7,9-10,16,24H,5,8,11-15,17-18H2,1-3H3/t24-/m1/s1. The van der Waals surface area contributed by atoms with Gasteiger partial charge in [0.1, 0.15) is 5.75 Å². The van der Waals surface area contributed by atoms with Gasteiger partial charge in [0.25, 0.3) is 0 Å². The fraction of sp³-hybridized carbons (Fsp3) is 0.483. The first-order chi connectivity index (χ1) is 16.5. The van der Waals surface area contributed by atoms with Crippen molar-refractivity contribution in [3.05, 3.63) is 69.8 Å². The van der Waals surface area contributed by atoms with Crippen molar-refractivity contribution in [3.63, 3.8) is 0 Å². The summed E-state index contributed by atoms with van der Waals surface area (Å²) in [7, 11) is 1.43. The topological polar surface area (TPSA) is 54.0 Å². The zero-order valence-electron chi connectivity index (χ0n) is 20.4. The average molecular weight is 463 g/mol. The molecule has 1 fully saturated rings. The summed E-state index contributed by atoms with van der Waals surface area (Å²) in [5.41, 5.74) is 9.29. The lowest BCUT2D eigenvalue weighted by molar-refractivity contribution is -0.159. The number of aryl methyl sites for hydroxylation is 3. The fourth-order valence-corrected chi connectivity index (χ4v) is 5.66. The molecule has 0 saturated carbocycles. The molecule has 5 rings (SSSR count). The number of hydrogen-bond donors (Lipinski definition) is 0. The Morgan fingerprint density at radius 3 is 2.68 bits per heavy atom. The van der Waals surface area contributed by atoms with Crippen molar-refractivity contribution in [1.29, 1.82) is 0 Å². The van der Waals surface area contributed by atoms with E-state index in [1.54, 1.807) is 0 Å². The number of methoxy groups -OCH3 is 1. The first kappa shape index (κ1) is 23.1. The van der Waals surface area contributed by atoms with Gasteiger partial charge in [0.15, 0.2) is 5.79 Å². The molecule has 0 aromatic heterocycles. The number of rotatable bonds is 6. The quantitative estimate of drug-likeness (QED) is 0.535. The highest BCUT2D eigenvalue weighted by molar-refractivity contribution is 5.73. The van der Waals surface area contributed by atoms with Crippen LogP contribution in [0.1, 0.15) is 65.0 Å². The number of ether oxygens (including phenoxy) is 4. The average Bonchev–Trinajstić information content (AvgIpc) is 3.47. The van der Waals surface area contributed by atoms with Crippen LogP contribution in [-0.4, -0.2) is 38.7 Å². The van der Waals surface area contributed by atoms with Crippen LogP contribution in [0.2, 0.25) is 0 Å². The molecule has 34 heavy (non-hydrogen) atoms. The molecule has 0 radical (unpaired) electrons. The van der Waals surface area contributed by atoms with Crippen molar-refractivity contribution >= 4 is 11.5 Å². The fourth-order valence-electron chi connectivity index (χ4n) is 5.66. The number of hydrogen-bond acceptors (Lipinski definition) is 5. The number of carbonyl (C=O) groups excluding carboxylic acids is 1. The Labute approximate surface area is 202 Å². The molecule has 2 aliphatic heterocycles. The molecule has 2 aromatic carbocycles. The molecule has 180 valence electrons. The maximum atomic E-state index is 11.7. The molecule has 1 saturated heterocycles. The van der Waals surface area contributed by atoms with Crippen LogP contribution in [0.15, 0.2) is 36.4 Å².